The zero-order valence-electron chi connectivity index (χ0n) is 12.1. The van der Waals surface area contributed by atoms with Crippen LogP contribution in [-0.2, 0) is 17.9 Å². The number of nitrogens with zero attached hydrogens (tertiary/aromatic N) is 4. The third-order valence-corrected chi connectivity index (χ3v) is 4.53. The zero-order valence-corrected chi connectivity index (χ0v) is 12.1. The maximum absolute atomic E-state index is 12.3. The molecule has 3 saturated heterocycles. The Labute approximate surface area is 119 Å². The maximum atomic E-state index is 12.3. The second kappa shape index (κ2) is 5.91. The molecule has 1 N–H and O–H groups in total. The van der Waals surface area contributed by atoms with Crippen molar-refractivity contribution in [3.63, 3.8) is 0 Å². The molecule has 0 aromatic carbocycles. The molecular formula is C14H23N5O. The van der Waals surface area contributed by atoms with Gasteiger partial charge in [0.2, 0.25) is 5.91 Å². The normalized spacial score (nSPS) is 28.6. The Bertz CT molecular complexity index is 464. The Morgan fingerprint density at radius 3 is 2.90 bits per heavy atom. The first-order chi connectivity index (χ1) is 9.78. The minimum Gasteiger partial charge on any atom is -0.347 e. The second-order valence-corrected chi connectivity index (χ2v) is 5.89. The van der Waals surface area contributed by atoms with Crippen molar-refractivity contribution < 1.29 is 4.79 Å². The summed E-state index contributed by atoms with van der Waals surface area (Å²) in [6.45, 7) is 5.65. The van der Waals surface area contributed by atoms with Gasteiger partial charge in [0.15, 0.2) is 5.82 Å². The molecule has 1 amide bonds. The van der Waals surface area contributed by atoms with Crippen LogP contribution in [0, 0.1) is 5.92 Å². The van der Waals surface area contributed by atoms with E-state index >= 15 is 0 Å². The molecule has 3 aliphatic heterocycles. The third kappa shape index (κ3) is 2.70. The summed E-state index contributed by atoms with van der Waals surface area (Å²) in [6.07, 6.45) is 6.31. The number of hydrogen-bond acceptors (Lipinski definition) is 4. The highest BCUT2D eigenvalue weighted by Gasteiger charge is 2.37. The lowest BCUT2D eigenvalue weighted by atomic mass is 9.83. The van der Waals surface area contributed by atoms with Gasteiger partial charge in [-0.25, -0.2) is 0 Å². The molecule has 0 saturated carbocycles. The van der Waals surface area contributed by atoms with Gasteiger partial charge in [0.05, 0.1) is 12.6 Å². The van der Waals surface area contributed by atoms with E-state index in [-0.39, 0.29) is 11.9 Å². The van der Waals surface area contributed by atoms with E-state index in [2.05, 4.69) is 27.3 Å². The van der Waals surface area contributed by atoms with Crippen LogP contribution in [0.1, 0.15) is 38.4 Å². The molecule has 1 unspecified atom stereocenters. The molecule has 1 atom stereocenters. The number of amides is 1. The Morgan fingerprint density at radius 1 is 1.45 bits per heavy atom. The van der Waals surface area contributed by atoms with Crippen LogP contribution in [0.3, 0.4) is 0 Å². The average molecular weight is 277 g/mol. The fourth-order valence-electron chi connectivity index (χ4n) is 3.37. The van der Waals surface area contributed by atoms with Gasteiger partial charge in [0, 0.05) is 6.54 Å². The third-order valence-electron chi connectivity index (χ3n) is 4.53. The van der Waals surface area contributed by atoms with E-state index < -0.39 is 0 Å². The first kappa shape index (κ1) is 13.5. The van der Waals surface area contributed by atoms with E-state index in [0.29, 0.717) is 6.54 Å². The molecule has 2 bridgehead atoms. The number of nitrogens with one attached hydrogen (secondary N) is 1. The number of fused-ring (bicyclic) bond motifs is 3. The lowest BCUT2D eigenvalue weighted by molar-refractivity contribution is -0.130. The molecule has 0 aliphatic carbocycles. The van der Waals surface area contributed by atoms with Gasteiger partial charge in [-0.15, -0.1) is 10.2 Å². The fourth-order valence-corrected chi connectivity index (χ4v) is 3.37. The topological polar surface area (TPSA) is 63.1 Å². The molecule has 0 radical (unpaired) electrons. The predicted molar refractivity (Wildman–Crippen MR) is 74.9 cm³/mol. The number of piperidine rings is 3. The summed E-state index contributed by atoms with van der Waals surface area (Å²) < 4.78 is 2.01. The molecule has 4 rings (SSSR count). The number of carbonyl (C=O) groups is 1. The number of aryl methyl sites for hydroxylation is 1. The predicted octanol–water partition coefficient (Wildman–Crippen LogP) is 0.789. The second-order valence-electron chi connectivity index (χ2n) is 5.89. The van der Waals surface area contributed by atoms with Gasteiger partial charge in [0.25, 0.3) is 0 Å². The average Bonchev–Trinajstić information content (AvgIpc) is 2.94. The van der Waals surface area contributed by atoms with Crippen molar-refractivity contribution in [1.29, 1.82) is 0 Å². The molecule has 110 valence electrons. The summed E-state index contributed by atoms with van der Waals surface area (Å²) in [6, 6.07) is 0.0741. The lowest BCUT2D eigenvalue weighted by Gasteiger charge is -2.44. The van der Waals surface area contributed by atoms with Crippen molar-refractivity contribution >= 4 is 5.91 Å². The standard InChI is InChI=1S/C14H23N5O/c1-2-5-19-10-16-17-13(19)9-15-14(20)12-8-11-3-6-18(12)7-4-11/h10-12H,2-9H2,1H3,(H,15,20). The molecule has 3 aliphatic rings. The van der Waals surface area contributed by atoms with E-state index in [1.165, 1.54) is 12.8 Å². The van der Waals surface area contributed by atoms with Crippen LogP contribution in [0.2, 0.25) is 0 Å². The Kier molecular flexibility index (Phi) is 4.00. The molecule has 1 aromatic rings. The van der Waals surface area contributed by atoms with E-state index in [9.17, 15) is 4.79 Å². The minimum absolute atomic E-state index is 0.0741. The van der Waals surface area contributed by atoms with Crippen molar-refractivity contribution in [3.05, 3.63) is 12.2 Å². The molecular weight excluding hydrogens is 254 g/mol. The molecule has 6 nitrogen and oxygen atoms in total. The maximum Gasteiger partial charge on any atom is 0.237 e. The number of carbonyl (C=O) groups excluding carboxylic acids is 1. The highest BCUT2D eigenvalue weighted by atomic mass is 16.2. The van der Waals surface area contributed by atoms with Gasteiger partial charge in [-0.05, 0) is 44.7 Å². The van der Waals surface area contributed by atoms with Gasteiger partial charge in [-0.2, -0.15) is 0 Å². The van der Waals surface area contributed by atoms with Crippen molar-refractivity contribution in [2.24, 2.45) is 5.92 Å². The highest BCUT2D eigenvalue weighted by molar-refractivity contribution is 5.81. The van der Waals surface area contributed by atoms with Gasteiger partial charge >= 0.3 is 0 Å². The zero-order chi connectivity index (χ0) is 13.9. The van der Waals surface area contributed by atoms with E-state index in [4.69, 9.17) is 0 Å². The van der Waals surface area contributed by atoms with Gasteiger partial charge in [0.1, 0.15) is 6.33 Å². The van der Waals surface area contributed by atoms with Crippen LogP contribution >= 0.6 is 0 Å². The summed E-state index contributed by atoms with van der Waals surface area (Å²) >= 11 is 0. The number of rotatable bonds is 5. The summed E-state index contributed by atoms with van der Waals surface area (Å²) in [5, 5.41) is 11.0. The minimum atomic E-state index is 0.0741. The number of aromatic nitrogens is 3. The van der Waals surface area contributed by atoms with E-state index in [0.717, 1.165) is 44.2 Å². The number of hydrogen-bond donors (Lipinski definition) is 1. The van der Waals surface area contributed by atoms with Crippen LogP contribution in [0.5, 0.6) is 0 Å². The largest absolute Gasteiger partial charge is 0.347 e. The molecule has 3 fully saturated rings. The molecule has 4 heterocycles. The lowest BCUT2D eigenvalue weighted by Crippen LogP contribution is -2.55. The van der Waals surface area contributed by atoms with E-state index in [1.54, 1.807) is 6.33 Å². The highest BCUT2D eigenvalue weighted by Crippen LogP contribution is 2.31. The molecule has 6 heteroatoms. The van der Waals surface area contributed by atoms with Crippen LogP contribution in [0.4, 0.5) is 0 Å². The fraction of sp³-hybridized carbons (Fsp3) is 0.786. The Morgan fingerprint density at radius 2 is 2.25 bits per heavy atom. The van der Waals surface area contributed by atoms with Gasteiger partial charge in [-0.3, -0.25) is 9.69 Å². The van der Waals surface area contributed by atoms with Crippen LogP contribution in [0.15, 0.2) is 6.33 Å². The SMILES string of the molecule is CCCn1cnnc1CNC(=O)C1CC2CCN1CC2. The Hall–Kier alpha value is -1.43. The van der Waals surface area contributed by atoms with E-state index in [1.807, 2.05) is 4.57 Å². The summed E-state index contributed by atoms with van der Waals surface area (Å²) in [7, 11) is 0. The van der Waals surface area contributed by atoms with Crippen molar-refractivity contribution in [2.45, 2.75) is 51.7 Å². The quantitative estimate of drug-likeness (QED) is 0.864. The van der Waals surface area contributed by atoms with Crippen molar-refractivity contribution in [3.8, 4) is 0 Å². The van der Waals surface area contributed by atoms with Crippen LogP contribution < -0.4 is 5.32 Å². The van der Waals surface area contributed by atoms with Crippen molar-refractivity contribution in [2.75, 3.05) is 13.1 Å². The van der Waals surface area contributed by atoms with Gasteiger partial charge in [-0.1, -0.05) is 6.92 Å². The first-order valence-electron chi connectivity index (χ1n) is 7.66. The van der Waals surface area contributed by atoms with Gasteiger partial charge < -0.3 is 9.88 Å². The summed E-state index contributed by atoms with van der Waals surface area (Å²) in [4.78, 5) is 14.7. The summed E-state index contributed by atoms with van der Waals surface area (Å²) in [5.41, 5.74) is 0. The summed E-state index contributed by atoms with van der Waals surface area (Å²) in [5.74, 6) is 1.75. The molecule has 20 heavy (non-hydrogen) atoms. The van der Waals surface area contributed by atoms with Crippen LogP contribution in [-0.4, -0.2) is 44.7 Å². The monoisotopic (exact) mass is 277 g/mol. The molecule has 1 aromatic heterocycles. The Balaban J connectivity index is 1.55. The first-order valence-corrected chi connectivity index (χ1v) is 7.66. The van der Waals surface area contributed by atoms with Crippen molar-refractivity contribution in [1.82, 2.24) is 25.0 Å². The molecule has 0 spiro atoms. The van der Waals surface area contributed by atoms with Crippen LogP contribution in [0.25, 0.3) is 0 Å². The smallest absolute Gasteiger partial charge is 0.237 e.